The maximum Gasteiger partial charge on any atom is 0.404 e. The summed E-state index contributed by atoms with van der Waals surface area (Å²) in [6, 6.07) is 12.3. The molecule has 0 spiro atoms. The molecule has 0 atom stereocenters. The van der Waals surface area contributed by atoms with Crippen molar-refractivity contribution < 1.29 is 31.1 Å². The van der Waals surface area contributed by atoms with Crippen molar-refractivity contribution in [3.05, 3.63) is 80.3 Å². The molecule has 0 heterocycles. The van der Waals surface area contributed by atoms with Crippen molar-refractivity contribution in [1.29, 1.82) is 0 Å². The van der Waals surface area contributed by atoms with E-state index in [0.29, 0.717) is 10.8 Å². The van der Waals surface area contributed by atoms with Gasteiger partial charge >= 0.3 is 6.18 Å². The first-order valence-electron chi connectivity index (χ1n) is 9.33. The molecule has 0 radical (unpaired) electrons. The smallest absolute Gasteiger partial charge is 0.404 e. The van der Waals surface area contributed by atoms with Crippen molar-refractivity contribution in [1.82, 2.24) is 0 Å². The van der Waals surface area contributed by atoms with E-state index in [-0.39, 0.29) is 32.1 Å². The van der Waals surface area contributed by atoms with Crippen LogP contribution < -0.4 is 14.8 Å². The number of nitrogens with one attached hydrogen (secondary N) is 2. The van der Waals surface area contributed by atoms with Crippen LogP contribution in [0, 0.1) is 0 Å². The molecule has 0 saturated heterocycles. The number of halogens is 7. The topological polar surface area (TPSA) is 84.5 Å². The van der Waals surface area contributed by atoms with E-state index in [9.17, 15) is 26.4 Å². The van der Waals surface area contributed by atoms with Crippen LogP contribution in [-0.4, -0.2) is 26.3 Å². The van der Waals surface area contributed by atoms with Crippen LogP contribution in [0.5, 0.6) is 11.5 Å². The molecule has 3 rings (SSSR count). The Balaban J connectivity index is 1.98. The van der Waals surface area contributed by atoms with Gasteiger partial charge in [0, 0.05) is 10.7 Å². The van der Waals surface area contributed by atoms with E-state index in [4.69, 9.17) is 51.1 Å². The van der Waals surface area contributed by atoms with Crippen molar-refractivity contribution >= 4 is 73.7 Å². The molecule has 14 heteroatoms. The third kappa shape index (κ3) is 7.81. The van der Waals surface area contributed by atoms with E-state index < -0.39 is 33.5 Å². The van der Waals surface area contributed by atoms with Gasteiger partial charge in [-0.2, -0.15) is 13.2 Å². The number of carbonyl (C=O) groups excluding carboxylic acids is 1. The molecule has 0 aliphatic carbocycles. The predicted molar refractivity (Wildman–Crippen MR) is 131 cm³/mol. The molecule has 0 aliphatic rings. The Morgan fingerprint density at radius 1 is 0.886 bits per heavy atom. The van der Waals surface area contributed by atoms with Gasteiger partial charge in [0.2, 0.25) is 10.0 Å². The van der Waals surface area contributed by atoms with E-state index in [2.05, 4.69) is 5.32 Å². The molecule has 6 nitrogen and oxygen atoms in total. The van der Waals surface area contributed by atoms with Crippen molar-refractivity contribution in [3.8, 4) is 11.5 Å². The van der Waals surface area contributed by atoms with Gasteiger partial charge in [0.05, 0.1) is 26.3 Å². The molecule has 3 aromatic carbocycles. The average Bonchev–Trinajstić information content (AvgIpc) is 2.72. The number of sulfonamides is 1. The molecule has 0 fully saturated rings. The zero-order valence-corrected chi connectivity index (χ0v) is 20.9. The molecule has 0 unspecified atom stereocenters. The van der Waals surface area contributed by atoms with Crippen LogP contribution in [-0.2, 0) is 10.0 Å². The minimum Gasteiger partial charge on any atom is -0.457 e. The van der Waals surface area contributed by atoms with Crippen LogP contribution in [0.25, 0.3) is 0 Å². The fourth-order valence-electron chi connectivity index (χ4n) is 2.75. The Bertz CT molecular complexity index is 1340. The Labute approximate surface area is 217 Å². The van der Waals surface area contributed by atoms with Gasteiger partial charge in [-0.25, -0.2) is 8.42 Å². The molecular weight excluding hydrogens is 575 g/mol. The number of benzene rings is 3. The first kappa shape index (κ1) is 27.2. The second kappa shape index (κ2) is 10.7. The van der Waals surface area contributed by atoms with E-state index in [1.165, 1.54) is 18.2 Å². The molecule has 1 amide bonds. The minimum atomic E-state index is -5.00. The second-order valence-corrected chi connectivity index (χ2v) is 10.3. The molecule has 0 saturated carbocycles. The molecule has 0 bridgehead atoms. The summed E-state index contributed by atoms with van der Waals surface area (Å²) >= 11 is 23.6. The third-order valence-electron chi connectivity index (χ3n) is 4.15. The fourth-order valence-corrected chi connectivity index (χ4v) is 4.49. The highest BCUT2D eigenvalue weighted by Crippen LogP contribution is 2.34. The van der Waals surface area contributed by atoms with Crippen LogP contribution in [0.2, 0.25) is 20.1 Å². The summed E-state index contributed by atoms with van der Waals surface area (Å²) in [7, 11) is -4.89. The van der Waals surface area contributed by atoms with E-state index in [1.54, 1.807) is 29.0 Å². The summed E-state index contributed by atoms with van der Waals surface area (Å²) in [5.41, 5.74) is -0.659. The summed E-state index contributed by atoms with van der Waals surface area (Å²) in [5.74, 6) is -2.62. The number of hydrogen-bond donors (Lipinski definition) is 2. The van der Waals surface area contributed by atoms with Gasteiger partial charge in [-0.15, -0.1) is 0 Å². The van der Waals surface area contributed by atoms with Crippen LogP contribution in [0.3, 0.4) is 0 Å². The predicted octanol–water partition coefficient (Wildman–Crippen LogP) is 7.65. The van der Waals surface area contributed by atoms with Crippen molar-refractivity contribution in [3.63, 3.8) is 0 Å². The van der Waals surface area contributed by atoms with Crippen LogP contribution in [0.1, 0.15) is 10.4 Å². The van der Waals surface area contributed by atoms with Gasteiger partial charge in [-0.1, -0.05) is 46.4 Å². The van der Waals surface area contributed by atoms with E-state index >= 15 is 0 Å². The lowest BCUT2D eigenvalue weighted by atomic mass is 10.1. The minimum absolute atomic E-state index is 0.0281. The van der Waals surface area contributed by atoms with E-state index in [1.807, 2.05) is 0 Å². The lowest BCUT2D eigenvalue weighted by Gasteiger charge is -2.16. The summed E-state index contributed by atoms with van der Waals surface area (Å²) in [6.07, 6.45) is -5.00. The van der Waals surface area contributed by atoms with Gasteiger partial charge in [-0.05, 0) is 54.6 Å². The lowest BCUT2D eigenvalue weighted by molar-refractivity contribution is -0.106. The van der Waals surface area contributed by atoms with Crippen molar-refractivity contribution in [2.75, 3.05) is 15.8 Å². The lowest BCUT2D eigenvalue weighted by Crippen LogP contribution is -2.28. The summed E-state index contributed by atoms with van der Waals surface area (Å²) in [4.78, 5) is 13.0. The van der Waals surface area contributed by atoms with Gasteiger partial charge < -0.3 is 10.1 Å². The van der Waals surface area contributed by atoms with Gasteiger partial charge in [-0.3, -0.25) is 9.52 Å². The number of hydrogen-bond acceptors (Lipinski definition) is 4. The number of carbonyl (C=O) groups is 1. The third-order valence-corrected chi connectivity index (χ3v) is 6.83. The number of rotatable bonds is 7. The Morgan fingerprint density at radius 3 is 2.03 bits per heavy atom. The average molecular weight is 588 g/mol. The monoisotopic (exact) mass is 586 g/mol. The zero-order chi connectivity index (χ0) is 26.0. The standard InChI is InChI=1S/C21H13Cl4F3N2O4S/c22-11-1-3-13(4-2-11)34-14-5-6-18(30-35(32,33)10-21(26,27)28)15(9-14)20(31)29-12-7-16(23)19(25)17(24)8-12/h1-9,30H,10H2,(H,29,31). The highest BCUT2D eigenvalue weighted by Gasteiger charge is 2.35. The zero-order valence-electron chi connectivity index (χ0n) is 17.1. The largest absolute Gasteiger partial charge is 0.457 e. The van der Waals surface area contributed by atoms with Crippen LogP contribution in [0.4, 0.5) is 24.5 Å². The highest BCUT2D eigenvalue weighted by atomic mass is 35.5. The molecule has 3 aromatic rings. The molecule has 35 heavy (non-hydrogen) atoms. The normalized spacial score (nSPS) is 11.7. The Kier molecular flexibility index (Phi) is 8.33. The Hall–Kier alpha value is -2.37. The summed E-state index contributed by atoms with van der Waals surface area (Å²) in [6.45, 7) is 0. The second-order valence-electron chi connectivity index (χ2n) is 6.95. The van der Waals surface area contributed by atoms with Gasteiger partial charge in [0.25, 0.3) is 5.91 Å². The SMILES string of the molecule is O=C(Nc1cc(Cl)c(Cl)c(Cl)c1)c1cc(Oc2ccc(Cl)cc2)ccc1NS(=O)(=O)CC(F)(F)F. The van der Waals surface area contributed by atoms with Crippen molar-refractivity contribution in [2.24, 2.45) is 0 Å². The first-order valence-corrected chi connectivity index (χ1v) is 12.5. The van der Waals surface area contributed by atoms with Gasteiger partial charge in [0.15, 0.2) is 5.75 Å². The number of alkyl halides is 3. The molecule has 186 valence electrons. The molecule has 2 N–H and O–H groups in total. The maximum absolute atomic E-state index is 13.0. The van der Waals surface area contributed by atoms with Crippen LogP contribution >= 0.6 is 46.4 Å². The number of ether oxygens (including phenoxy) is 1. The maximum atomic E-state index is 13.0. The van der Waals surface area contributed by atoms with Crippen LogP contribution in [0.15, 0.2) is 54.6 Å². The van der Waals surface area contributed by atoms with E-state index in [0.717, 1.165) is 12.1 Å². The quantitative estimate of drug-likeness (QED) is 0.278. The first-order chi connectivity index (χ1) is 16.2. The highest BCUT2D eigenvalue weighted by molar-refractivity contribution is 7.92. The fraction of sp³-hybridized carbons (Fsp3) is 0.0952. The Morgan fingerprint density at radius 2 is 1.46 bits per heavy atom. The number of anilines is 2. The molecule has 0 aliphatic heterocycles. The number of amides is 1. The van der Waals surface area contributed by atoms with Crippen molar-refractivity contribution in [2.45, 2.75) is 6.18 Å². The summed E-state index contributed by atoms with van der Waals surface area (Å²) in [5, 5.41) is 3.00. The molecule has 0 aromatic heterocycles. The molecular formula is C21H13Cl4F3N2O4S. The summed E-state index contributed by atoms with van der Waals surface area (Å²) < 4.78 is 69.5. The van der Waals surface area contributed by atoms with Gasteiger partial charge in [0.1, 0.15) is 11.5 Å².